The fourth-order valence-corrected chi connectivity index (χ4v) is 4.13. The molecule has 1 aromatic carbocycles. The van der Waals surface area contributed by atoms with E-state index >= 15 is 0 Å². The maximum atomic E-state index is 12.3. The van der Waals surface area contributed by atoms with Gasteiger partial charge in [0, 0.05) is 24.5 Å². The van der Waals surface area contributed by atoms with Crippen LogP contribution < -0.4 is 10.0 Å². The molecule has 2 aromatic rings. The minimum atomic E-state index is -3.18. The van der Waals surface area contributed by atoms with Crippen LogP contribution >= 0.6 is 11.3 Å². The summed E-state index contributed by atoms with van der Waals surface area (Å²) >= 11 is 1.39. The van der Waals surface area contributed by atoms with Crippen molar-refractivity contribution in [2.75, 3.05) is 25.9 Å². The van der Waals surface area contributed by atoms with Crippen molar-refractivity contribution >= 4 is 27.3 Å². The van der Waals surface area contributed by atoms with E-state index in [0.717, 1.165) is 36.3 Å². The Labute approximate surface area is 172 Å². The van der Waals surface area contributed by atoms with Gasteiger partial charge in [0.05, 0.1) is 11.1 Å². The number of nitrogens with zero attached hydrogens (tertiary/aromatic N) is 1. The average molecular weight is 424 g/mol. The lowest BCUT2D eigenvalue weighted by Crippen LogP contribution is -2.24. The highest BCUT2D eigenvalue weighted by atomic mass is 32.2. The lowest BCUT2D eigenvalue weighted by molar-refractivity contribution is 0.0955. The molecule has 1 amide bonds. The Balaban J connectivity index is 1.82. The van der Waals surface area contributed by atoms with Crippen LogP contribution in [0.3, 0.4) is 0 Å². The van der Waals surface area contributed by atoms with Crippen LogP contribution in [0.4, 0.5) is 0 Å². The topological polar surface area (TPSA) is 78.5 Å². The van der Waals surface area contributed by atoms with Gasteiger partial charge in [-0.25, -0.2) is 13.1 Å². The number of hydrogen-bond donors (Lipinski definition) is 2. The van der Waals surface area contributed by atoms with E-state index < -0.39 is 10.0 Å². The SMILES string of the molecule is CCN(CC)Cc1ccc(CNC(=O)c2ccc(CCNS(C)(=O)=O)s2)cc1. The number of carbonyl (C=O) groups excluding carboxylic acids is 1. The van der Waals surface area contributed by atoms with E-state index in [9.17, 15) is 13.2 Å². The first-order valence-electron chi connectivity index (χ1n) is 9.42. The number of hydrogen-bond acceptors (Lipinski definition) is 5. The van der Waals surface area contributed by atoms with Crippen molar-refractivity contribution in [3.63, 3.8) is 0 Å². The number of amides is 1. The molecule has 1 heterocycles. The number of carbonyl (C=O) groups is 1. The molecule has 0 spiro atoms. The zero-order valence-electron chi connectivity index (χ0n) is 16.7. The molecule has 2 N–H and O–H groups in total. The Morgan fingerprint density at radius 3 is 2.29 bits per heavy atom. The molecule has 0 bridgehead atoms. The first-order chi connectivity index (χ1) is 13.3. The molecule has 0 atom stereocenters. The van der Waals surface area contributed by atoms with Crippen LogP contribution in [0.25, 0.3) is 0 Å². The first kappa shape index (κ1) is 22.5. The van der Waals surface area contributed by atoms with Gasteiger partial charge < -0.3 is 5.32 Å². The number of sulfonamides is 1. The molecular formula is C20H29N3O3S2. The molecule has 8 heteroatoms. The van der Waals surface area contributed by atoms with E-state index in [0.29, 0.717) is 24.4 Å². The highest BCUT2D eigenvalue weighted by molar-refractivity contribution is 7.88. The second-order valence-corrected chi connectivity index (χ2v) is 9.64. The monoisotopic (exact) mass is 423 g/mol. The highest BCUT2D eigenvalue weighted by Crippen LogP contribution is 2.17. The van der Waals surface area contributed by atoms with Gasteiger partial charge in [-0.05, 0) is 42.8 Å². The zero-order chi connectivity index (χ0) is 20.6. The van der Waals surface area contributed by atoms with Gasteiger partial charge in [-0.3, -0.25) is 9.69 Å². The van der Waals surface area contributed by atoms with Crippen molar-refractivity contribution < 1.29 is 13.2 Å². The number of rotatable bonds is 11. The van der Waals surface area contributed by atoms with Crippen molar-refractivity contribution in [2.45, 2.75) is 33.4 Å². The summed E-state index contributed by atoms with van der Waals surface area (Å²) in [6.45, 7) is 8.12. The second kappa shape index (κ2) is 10.7. The molecule has 0 unspecified atom stereocenters. The Bertz CT molecular complexity index is 857. The summed E-state index contributed by atoms with van der Waals surface area (Å²) in [7, 11) is -3.18. The van der Waals surface area contributed by atoms with Crippen LogP contribution in [-0.4, -0.2) is 45.1 Å². The van der Waals surface area contributed by atoms with E-state index in [1.54, 1.807) is 6.07 Å². The molecule has 0 aliphatic carbocycles. The van der Waals surface area contributed by atoms with E-state index in [2.05, 4.69) is 53.1 Å². The molecule has 0 radical (unpaired) electrons. The van der Waals surface area contributed by atoms with Crippen molar-refractivity contribution in [1.29, 1.82) is 0 Å². The Hall–Kier alpha value is -1.74. The maximum absolute atomic E-state index is 12.3. The summed E-state index contributed by atoms with van der Waals surface area (Å²) in [5.41, 5.74) is 2.33. The first-order valence-corrected chi connectivity index (χ1v) is 12.1. The molecule has 28 heavy (non-hydrogen) atoms. The minimum Gasteiger partial charge on any atom is -0.347 e. The quantitative estimate of drug-likeness (QED) is 0.582. The number of thiophene rings is 1. The molecule has 0 aliphatic heterocycles. The van der Waals surface area contributed by atoms with Crippen molar-refractivity contribution in [3.05, 3.63) is 57.3 Å². The summed E-state index contributed by atoms with van der Waals surface area (Å²) < 4.78 is 24.6. The Morgan fingerprint density at radius 2 is 1.68 bits per heavy atom. The molecule has 0 saturated heterocycles. The minimum absolute atomic E-state index is 0.112. The second-order valence-electron chi connectivity index (χ2n) is 6.64. The lowest BCUT2D eigenvalue weighted by atomic mass is 10.1. The van der Waals surface area contributed by atoms with Crippen molar-refractivity contribution in [1.82, 2.24) is 14.9 Å². The van der Waals surface area contributed by atoms with Gasteiger partial charge in [0.15, 0.2) is 0 Å². The summed E-state index contributed by atoms with van der Waals surface area (Å²) in [4.78, 5) is 16.3. The fraction of sp³-hybridized carbons (Fsp3) is 0.450. The van der Waals surface area contributed by atoms with Gasteiger partial charge in [0.1, 0.15) is 0 Å². The van der Waals surface area contributed by atoms with Crippen LogP contribution in [-0.2, 0) is 29.5 Å². The third-order valence-corrected chi connectivity index (χ3v) is 6.27. The zero-order valence-corrected chi connectivity index (χ0v) is 18.3. The van der Waals surface area contributed by atoms with Crippen molar-refractivity contribution in [2.24, 2.45) is 0 Å². The van der Waals surface area contributed by atoms with Gasteiger partial charge in [-0.1, -0.05) is 38.1 Å². The molecule has 0 fully saturated rings. The smallest absolute Gasteiger partial charge is 0.261 e. The van der Waals surface area contributed by atoms with E-state index in [1.165, 1.54) is 16.9 Å². The predicted octanol–water partition coefficient (Wildman–Crippen LogP) is 2.61. The largest absolute Gasteiger partial charge is 0.347 e. The van der Waals surface area contributed by atoms with Gasteiger partial charge in [-0.2, -0.15) is 0 Å². The van der Waals surface area contributed by atoms with Gasteiger partial charge in [0.25, 0.3) is 5.91 Å². The van der Waals surface area contributed by atoms with Crippen LogP contribution in [0.5, 0.6) is 0 Å². The van der Waals surface area contributed by atoms with Crippen LogP contribution in [0.2, 0.25) is 0 Å². The summed E-state index contributed by atoms with van der Waals surface area (Å²) in [5.74, 6) is -0.112. The maximum Gasteiger partial charge on any atom is 0.261 e. The van der Waals surface area contributed by atoms with Crippen LogP contribution in [0.15, 0.2) is 36.4 Å². The average Bonchev–Trinajstić information content (AvgIpc) is 3.13. The summed E-state index contributed by atoms with van der Waals surface area (Å²) in [6.07, 6.45) is 1.70. The van der Waals surface area contributed by atoms with Crippen LogP contribution in [0, 0.1) is 0 Å². The van der Waals surface area contributed by atoms with Gasteiger partial charge in [0.2, 0.25) is 10.0 Å². The van der Waals surface area contributed by atoms with E-state index in [1.807, 2.05) is 6.07 Å². The number of nitrogens with one attached hydrogen (secondary N) is 2. The van der Waals surface area contributed by atoms with E-state index in [4.69, 9.17) is 0 Å². The third-order valence-electron chi connectivity index (χ3n) is 4.40. The molecule has 0 aliphatic rings. The predicted molar refractivity (Wildman–Crippen MR) is 115 cm³/mol. The van der Waals surface area contributed by atoms with Gasteiger partial charge >= 0.3 is 0 Å². The van der Waals surface area contributed by atoms with Crippen molar-refractivity contribution in [3.8, 4) is 0 Å². The van der Waals surface area contributed by atoms with Gasteiger partial charge in [-0.15, -0.1) is 11.3 Å². The molecule has 6 nitrogen and oxygen atoms in total. The normalized spacial score (nSPS) is 11.7. The molecule has 1 aromatic heterocycles. The molecule has 0 saturated carbocycles. The standard InChI is InChI=1S/C20H29N3O3S2/c1-4-23(5-2)15-17-8-6-16(7-9-17)14-21-20(24)19-11-10-18(27-19)12-13-22-28(3,25)26/h6-11,22H,4-5,12-15H2,1-3H3,(H,21,24). The summed E-state index contributed by atoms with van der Waals surface area (Å²) in [5, 5.41) is 2.94. The summed E-state index contributed by atoms with van der Waals surface area (Å²) in [6, 6.07) is 12.0. The van der Waals surface area contributed by atoms with E-state index in [-0.39, 0.29) is 5.91 Å². The van der Waals surface area contributed by atoms with Crippen LogP contribution in [0.1, 0.15) is 39.5 Å². The lowest BCUT2D eigenvalue weighted by Gasteiger charge is -2.18. The molecule has 2 rings (SSSR count). The third kappa shape index (κ3) is 7.71. The fourth-order valence-electron chi connectivity index (χ4n) is 2.73. The Kier molecular flexibility index (Phi) is 8.62. The number of benzene rings is 1. The highest BCUT2D eigenvalue weighted by Gasteiger charge is 2.10. The molecule has 154 valence electrons. The Morgan fingerprint density at radius 1 is 1.04 bits per heavy atom. The molecular weight excluding hydrogens is 394 g/mol.